The maximum Gasteiger partial charge on any atom is 0.339 e. The van der Waals surface area contributed by atoms with Crippen molar-refractivity contribution in [2.45, 2.75) is 18.7 Å². The van der Waals surface area contributed by atoms with Crippen LogP contribution in [0.2, 0.25) is 0 Å². The number of carboxylic acids is 1. The fourth-order valence-corrected chi connectivity index (χ4v) is 2.45. The van der Waals surface area contributed by atoms with Crippen LogP contribution in [0.1, 0.15) is 24.2 Å². The molecule has 1 aromatic carbocycles. The van der Waals surface area contributed by atoms with Crippen LogP contribution in [-0.4, -0.2) is 33.1 Å². The number of nitrogens with one attached hydrogen (secondary N) is 1. The van der Waals surface area contributed by atoms with Crippen molar-refractivity contribution in [1.29, 1.82) is 0 Å². The first kappa shape index (κ1) is 16.2. The lowest BCUT2D eigenvalue weighted by atomic mass is 10.2. The van der Waals surface area contributed by atoms with Gasteiger partial charge in [0.25, 0.3) is 0 Å². The number of hydrogen-bond donors (Lipinski definition) is 2. The van der Waals surface area contributed by atoms with E-state index in [9.17, 15) is 13.2 Å². The SMILES string of the molecule is COc1ccc(S(=O)(=O)NCC=C(C)C)cc1C(=O)O. The predicted octanol–water partition coefficient (Wildman–Crippen LogP) is 1.64. The van der Waals surface area contributed by atoms with E-state index in [2.05, 4.69) is 4.72 Å². The van der Waals surface area contributed by atoms with Gasteiger partial charge in [0.15, 0.2) is 0 Å². The van der Waals surface area contributed by atoms with E-state index in [4.69, 9.17) is 9.84 Å². The average Bonchev–Trinajstić information content (AvgIpc) is 2.37. The number of rotatable bonds is 6. The minimum absolute atomic E-state index is 0.112. The van der Waals surface area contributed by atoms with Gasteiger partial charge in [-0.2, -0.15) is 0 Å². The number of sulfonamides is 1. The van der Waals surface area contributed by atoms with Gasteiger partial charge in [-0.25, -0.2) is 17.9 Å². The van der Waals surface area contributed by atoms with Crippen LogP contribution in [0.25, 0.3) is 0 Å². The topological polar surface area (TPSA) is 92.7 Å². The molecule has 0 heterocycles. The van der Waals surface area contributed by atoms with Gasteiger partial charge in [0.05, 0.1) is 12.0 Å². The van der Waals surface area contributed by atoms with Gasteiger partial charge in [0.1, 0.15) is 11.3 Å². The highest BCUT2D eigenvalue weighted by molar-refractivity contribution is 7.89. The molecule has 0 aliphatic heterocycles. The van der Waals surface area contributed by atoms with E-state index >= 15 is 0 Å². The van der Waals surface area contributed by atoms with Crippen LogP contribution in [-0.2, 0) is 10.0 Å². The summed E-state index contributed by atoms with van der Waals surface area (Å²) in [5, 5.41) is 9.03. The zero-order chi connectivity index (χ0) is 15.3. The quantitative estimate of drug-likeness (QED) is 0.779. The molecule has 0 fully saturated rings. The molecule has 0 atom stereocenters. The second-order valence-corrected chi connectivity index (χ2v) is 6.07. The Bertz CT molecular complexity index is 630. The third kappa shape index (κ3) is 4.07. The molecule has 0 aliphatic rings. The van der Waals surface area contributed by atoms with Crippen molar-refractivity contribution in [2.75, 3.05) is 13.7 Å². The van der Waals surface area contributed by atoms with Crippen molar-refractivity contribution in [3.63, 3.8) is 0 Å². The van der Waals surface area contributed by atoms with E-state index < -0.39 is 16.0 Å². The van der Waals surface area contributed by atoms with Crippen LogP contribution in [0.3, 0.4) is 0 Å². The summed E-state index contributed by atoms with van der Waals surface area (Å²) in [4.78, 5) is 10.9. The second-order valence-electron chi connectivity index (χ2n) is 4.30. The smallest absolute Gasteiger partial charge is 0.339 e. The monoisotopic (exact) mass is 299 g/mol. The van der Waals surface area contributed by atoms with Crippen LogP contribution in [0.4, 0.5) is 0 Å². The first-order valence-corrected chi connectivity index (χ1v) is 7.30. The Kier molecular flexibility index (Phi) is 5.29. The average molecular weight is 299 g/mol. The molecule has 110 valence electrons. The lowest BCUT2D eigenvalue weighted by Gasteiger charge is -2.09. The van der Waals surface area contributed by atoms with Crippen LogP contribution < -0.4 is 9.46 Å². The fraction of sp³-hybridized carbons (Fsp3) is 0.308. The van der Waals surface area contributed by atoms with Gasteiger partial charge in [-0.15, -0.1) is 0 Å². The zero-order valence-electron chi connectivity index (χ0n) is 11.5. The maximum atomic E-state index is 12.0. The van der Waals surface area contributed by atoms with Crippen LogP contribution in [0.5, 0.6) is 5.75 Å². The van der Waals surface area contributed by atoms with Crippen molar-refractivity contribution in [2.24, 2.45) is 0 Å². The lowest BCUT2D eigenvalue weighted by molar-refractivity contribution is 0.0693. The number of carboxylic acid groups (broad SMARTS) is 1. The summed E-state index contributed by atoms with van der Waals surface area (Å²) in [5.74, 6) is -1.14. The molecule has 0 bridgehead atoms. The minimum atomic E-state index is -3.75. The molecule has 0 amide bonds. The second kappa shape index (κ2) is 6.53. The molecular formula is C13H17NO5S. The van der Waals surface area contributed by atoms with Crippen LogP contribution in [0, 0.1) is 0 Å². The van der Waals surface area contributed by atoms with E-state index in [1.807, 2.05) is 13.8 Å². The number of allylic oxidation sites excluding steroid dienone is 1. The first-order valence-electron chi connectivity index (χ1n) is 5.82. The molecule has 0 aromatic heterocycles. The molecule has 0 saturated heterocycles. The Labute approximate surface area is 118 Å². The lowest BCUT2D eigenvalue weighted by Crippen LogP contribution is -2.24. The van der Waals surface area contributed by atoms with Gasteiger partial charge < -0.3 is 9.84 Å². The zero-order valence-corrected chi connectivity index (χ0v) is 12.3. The summed E-state index contributed by atoms with van der Waals surface area (Å²) in [5.41, 5.74) is 0.784. The maximum absolute atomic E-state index is 12.0. The van der Waals surface area contributed by atoms with Crippen molar-refractivity contribution in [1.82, 2.24) is 4.72 Å². The van der Waals surface area contributed by atoms with E-state index in [1.54, 1.807) is 6.08 Å². The number of carbonyl (C=O) groups is 1. The largest absolute Gasteiger partial charge is 0.496 e. The first-order chi connectivity index (χ1) is 9.27. The molecule has 0 aliphatic carbocycles. The van der Waals surface area contributed by atoms with Gasteiger partial charge in [0, 0.05) is 6.54 Å². The summed E-state index contributed by atoms with van der Waals surface area (Å²) >= 11 is 0. The summed E-state index contributed by atoms with van der Waals surface area (Å²) in [7, 11) is -2.43. The minimum Gasteiger partial charge on any atom is -0.496 e. The molecule has 20 heavy (non-hydrogen) atoms. The number of ether oxygens (including phenoxy) is 1. The van der Waals surface area contributed by atoms with Crippen molar-refractivity contribution in [3.8, 4) is 5.75 Å². The van der Waals surface area contributed by atoms with Crippen molar-refractivity contribution in [3.05, 3.63) is 35.4 Å². The molecule has 2 N–H and O–H groups in total. The highest BCUT2D eigenvalue weighted by Gasteiger charge is 2.18. The van der Waals surface area contributed by atoms with E-state index in [1.165, 1.54) is 19.2 Å². The molecule has 6 nitrogen and oxygen atoms in total. The van der Waals surface area contributed by atoms with Crippen molar-refractivity contribution >= 4 is 16.0 Å². The normalized spacial score (nSPS) is 10.9. The molecule has 0 saturated carbocycles. The number of aromatic carboxylic acids is 1. The number of benzene rings is 1. The summed E-state index contributed by atoms with van der Waals surface area (Å²) in [6.45, 7) is 3.85. The number of methoxy groups -OCH3 is 1. The van der Waals surface area contributed by atoms with Crippen molar-refractivity contribution < 1.29 is 23.1 Å². The van der Waals surface area contributed by atoms with E-state index in [0.29, 0.717) is 0 Å². The standard InChI is InChI=1S/C13H17NO5S/c1-9(2)6-7-14-20(17,18)10-4-5-12(19-3)11(8-10)13(15)16/h4-6,8,14H,7H2,1-3H3,(H,15,16). The third-order valence-electron chi connectivity index (χ3n) is 2.50. The molecule has 7 heteroatoms. The predicted molar refractivity (Wildman–Crippen MR) is 74.6 cm³/mol. The van der Waals surface area contributed by atoms with E-state index in [0.717, 1.165) is 11.6 Å². The summed E-state index contributed by atoms with van der Waals surface area (Å²) < 4.78 is 31.3. The Hall–Kier alpha value is -1.86. The Morgan fingerprint density at radius 2 is 2.05 bits per heavy atom. The van der Waals surface area contributed by atoms with Gasteiger partial charge >= 0.3 is 5.97 Å². The van der Waals surface area contributed by atoms with Crippen LogP contribution in [0.15, 0.2) is 34.7 Å². The molecule has 1 aromatic rings. The molecule has 0 unspecified atom stereocenters. The van der Waals surface area contributed by atoms with E-state index in [-0.39, 0.29) is 22.8 Å². The molecular weight excluding hydrogens is 282 g/mol. The Morgan fingerprint density at radius 1 is 1.40 bits per heavy atom. The van der Waals surface area contributed by atoms with Gasteiger partial charge in [-0.3, -0.25) is 0 Å². The molecule has 0 radical (unpaired) electrons. The highest BCUT2D eigenvalue weighted by atomic mass is 32.2. The highest BCUT2D eigenvalue weighted by Crippen LogP contribution is 2.22. The summed E-state index contributed by atoms with van der Waals surface area (Å²) in [6.07, 6.45) is 1.72. The third-order valence-corrected chi connectivity index (χ3v) is 3.92. The fourth-order valence-electron chi connectivity index (χ4n) is 1.46. The summed E-state index contributed by atoms with van der Waals surface area (Å²) in [6, 6.07) is 3.70. The van der Waals surface area contributed by atoms with Crippen LogP contribution >= 0.6 is 0 Å². The molecule has 1 rings (SSSR count). The molecule has 0 spiro atoms. The Morgan fingerprint density at radius 3 is 2.55 bits per heavy atom. The van der Waals surface area contributed by atoms with Gasteiger partial charge in [-0.05, 0) is 32.0 Å². The van der Waals surface area contributed by atoms with Gasteiger partial charge in [0.2, 0.25) is 10.0 Å². The Balaban J connectivity index is 3.10. The van der Waals surface area contributed by atoms with Gasteiger partial charge in [-0.1, -0.05) is 11.6 Å². The number of hydrogen-bond acceptors (Lipinski definition) is 4.